The Bertz CT molecular complexity index is 955. The zero-order chi connectivity index (χ0) is 19.4. The van der Waals surface area contributed by atoms with Crippen molar-refractivity contribution in [3.63, 3.8) is 0 Å². The second-order valence-electron chi connectivity index (χ2n) is 6.55. The molecule has 1 heterocycles. The van der Waals surface area contributed by atoms with Crippen LogP contribution in [-0.4, -0.2) is 15.9 Å². The molecular weight excluding hydrogens is 343 g/mol. The van der Waals surface area contributed by atoms with Crippen molar-refractivity contribution in [1.82, 2.24) is 9.97 Å². The summed E-state index contributed by atoms with van der Waals surface area (Å²) in [4.78, 5) is 21.0. The molecule has 138 valence electrons. The summed E-state index contributed by atoms with van der Waals surface area (Å²) in [7, 11) is 0. The monoisotopic (exact) mass is 364 g/mol. The van der Waals surface area contributed by atoms with E-state index in [1.165, 1.54) is 36.5 Å². The van der Waals surface area contributed by atoms with Gasteiger partial charge >= 0.3 is 0 Å². The molecule has 2 aromatic carbocycles. The molecule has 0 saturated carbocycles. The first-order valence-corrected chi connectivity index (χ1v) is 8.70. The second-order valence-corrected chi connectivity index (χ2v) is 6.55. The SMILES string of the molecule is Cc1cccc(C(C)C)c1Nc1nccc(C(=O)Nc2ccc(F)cc2)n1. The number of hydrogen-bond acceptors (Lipinski definition) is 4. The first kappa shape index (κ1) is 18.5. The average Bonchev–Trinajstić information content (AvgIpc) is 2.65. The largest absolute Gasteiger partial charge is 0.324 e. The third-order valence-electron chi connectivity index (χ3n) is 4.15. The number of anilines is 3. The van der Waals surface area contributed by atoms with Gasteiger partial charge in [0.15, 0.2) is 0 Å². The van der Waals surface area contributed by atoms with Crippen LogP contribution in [0, 0.1) is 12.7 Å². The van der Waals surface area contributed by atoms with Gasteiger partial charge in [-0.1, -0.05) is 32.0 Å². The molecule has 0 aliphatic rings. The number of aromatic nitrogens is 2. The quantitative estimate of drug-likeness (QED) is 0.665. The third kappa shape index (κ3) is 4.47. The molecule has 1 amide bonds. The number of rotatable bonds is 5. The minimum absolute atomic E-state index is 0.219. The maximum atomic E-state index is 13.0. The van der Waals surface area contributed by atoms with Crippen LogP contribution in [0.2, 0.25) is 0 Å². The number of halogens is 1. The molecule has 0 bridgehead atoms. The van der Waals surface area contributed by atoms with Crippen molar-refractivity contribution in [2.24, 2.45) is 0 Å². The normalized spacial score (nSPS) is 10.7. The smallest absolute Gasteiger partial charge is 0.274 e. The lowest BCUT2D eigenvalue weighted by molar-refractivity contribution is 0.102. The van der Waals surface area contributed by atoms with E-state index in [1.54, 1.807) is 0 Å². The Hall–Kier alpha value is -3.28. The summed E-state index contributed by atoms with van der Waals surface area (Å²) in [5, 5.41) is 5.93. The van der Waals surface area contributed by atoms with Crippen LogP contribution in [0.4, 0.5) is 21.7 Å². The molecule has 2 N–H and O–H groups in total. The lowest BCUT2D eigenvalue weighted by atomic mass is 9.98. The van der Waals surface area contributed by atoms with Gasteiger partial charge in [0.25, 0.3) is 5.91 Å². The van der Waals surface area contributed by atoms with Crippen molar-refractivity contribution in [1.29, 1.82) is 0 Å². The number of hydrogen-bond donors (Lipinski definition) is 2. The first-order chi connectivity index (χ1) is 12.9. The minimum Gasteiger partial charge on any atom is -0.324 e. The van der Waals surface area contributed by atoms with Crippen LogP contribution in [0.1, 0.15) is 41.4 Å². The molecule has 0 aliphatic heterocycles. The molecular formula is C21H21FN4O. The van der Waals surface area contributed by atoms with Gasteiger partial charge < -0.3 is 10.6 Å². The standard InChI is InChI=1S/C21H21FN4O/c1-13(2)17-6-4-5-14(3)19(17)26-21-23-12-11-18(25-21)20(27)24-16-9-7-15(22)8-10-16/h4-13H,1-3H3,(H,24,27)(H,23,25,26). The topological polar surface area (TPSA) is 66.9 Å². The highest BCUT2D eigenvalue weighted by molar-refractivity contribution is 6.03. The van der Waals surface area contributed by atoms with Crippen LogP contribution in [0.5, 0.6) is 0 Å². The number of amides is 1. The molecule has 6 heteroatoms. The summed E-state index contributed by atoms with van der Waals surface area (Å²) >= 11 is 0. The van der Waals surface area contributed by atoms with E-state index in [2.05, 4.69) is 40.5 Å². The zero-order valence-electron chi connectivity index (χ0n) is 15.5. The predicted octanol–water partition coefficient (Wildman–Crippen LogP) is 5.04. The fraction of sp³-hybridized carbons (Fsp3) is 0.190. The Morgan fingerprint density at radius 3 is 2.52 bits per heavy atom. The summed E-state index contributed by atoms with van der Waals surface area (Å²) in [6.45, 7) is 6.25. The predicted molar refractivity (Wildman–Crippen MR) is 105 cm³/mol. The van der Waals surface area contributed by atoms with E-state index in [-0.39, 0.29) is 17.4 Å². The van der Waals surface area contributed by atoms with Crippen molar-refractivity contribution in [2.75, 3.05) is 10.6 Å². The average molecular weight is 364 g/mol. The van der Waals surface area contributed by atoms with Gasteiger partial charge in [-0.2, -0.15) is 0 Å². The number of carbonyl (C=O) groups excluding carboxylic acids is 1. The molecule has 3 rings (SSSR count). The summed E-state index contributed by atoms with van der Waals surface area (Å²) < 4.78 is 13.0. The van der Waals surface area contributed by atoms with Crippen LogP contribution in [0.15, 0.2) is 54.7 Å². The van der Waals surface area contributed by atoms with Gasteiger partial charge in [0.05, 0.1) is 0 Å². The number of nitrogens with zero attached hydrogens (tertiary/aromatic N) is 2. The van der Waals surface area contributed by atoms with E-state index in [9.17, 15) is 9.18 Å². The Morgan fingerprint density at radius 1 is 1.07 bits per heavy atom. The van der Waals surface area contributed by atoms with Gasteiger partial charge in [0.1, 0.15) is 11.5 Å². The van der Waals surface area contributed by atoms with Crippen LogP contribution >= 0.6 is 0 Å². The Kier molecular flexibility index (Phi) is 5.45. The molecule has 3 aromatic rings. The number of nitrogens with one attached hydrogen (secondary N) is 2. The van der Waals surface area contributed by atoms with Gasteiger partial charge in [-0.25, -0.2) is 14.4 Å². The van der Waals surface area contributed by atoms with Crippen molar-refractivity contribution < 1.29 is 9.18 Å². The van der Waals surface area contributed by atoms with E-state index in [4.69, 9.17) is 0 Å². The van der Waals surface area contributed by atoms with Gasteiger partial charge in [-0.3, -0.25) is 4.79 Å². The van der Waals surface area contributed by atoms with Crippen LogP contribution in [-0.2, 0) is 0 Å². The molecule has 0 fully saturated rings. The lowest BCUT2D eigenvalue weighted by Crippen LogP contribution is -2.15. The maximum absolute atomic E-state index is 13.0. The molecule has 0 saturated heterocycles. The van der Waals surface area contributed by atoms with Crippen molar-refractivity contribution in [2.45, 2.75) is 26.7 Å². The molecule has 0 unspecified atom stereocenters. The van der Waals surface area contributed by atoms with Gasteiger partial charge in [0, 0.05) is 17.6 Å². The number of aryl methyl sites for hydroxylation is 1. The molecule has 0 atom stereocenters. The molecule has 27 heavy (non-hydrogen) atoms. The van der Waals surface area contributed by atoms with Gasteiger partial charge in [-0.15, -0.1) is 0 Å². The highest BCUT2D eigenvalue weighted by Crippen LogP contribution is 2.29. The Balaban J connectivity index is 1.82. The first-order valence-electron chi connectivity index (χ1n) is 8.70. The van der Waals surface area contributed by atoms with Gasteiger partial charge in [0.2, 0.25) is 5.95 Å². The molecule has 0 aliphatic carbocycles. The van der Waals surface area contributed by atoms with Crippen molar-refractivity contribution in [3.8, 4) is 0 Å². The highest BCUT2D eigenvalue weighted by atomic mass is 19.1. The van der Waals surface area contributed by atoms with Crippen LogP contribution in [0.3, 0.4) is 0 Å². The van der Waals surface area contributed by atoms with E-state index < -0.39 is 0 Å². The van der Waals surface area contributed by atoms with E-state index in [0.29, 0.717) is 17.6 Å². The van der Waals surface area contributed by atoms with Crippen LogP contribution in [0.25, 0.3) is 0 Å². The van der Waals surface area contributed by atoms with E-state index >= 15 is 0 Å². The van der Waals surface area contributed by atoms with Crippen LogP contribution < -0.4 is 10.6 Å². The number of para-hydroxylation sites is 1. The summed E-state index contributed by atoms with van der Waals surface area (Å²) in [5.74, 6) is -0.0723. The van der Waals surface area contributed by atoms with E-state index in [0.717, 1.165) is 16.8 Å². The summed E-state index contributed by atoms with van der Waals surface area (Å²) in [6, 6.07) is 13.2. The fourth-order valence-electron chi connectivity index (χ4n) is 2.73. The molecule has 5 nitrogen and oxygen atoms in total. The third-order valence-corrected chi connectivity index (χ3v) is 4.15. The highest BCUT2D eigenvalue weighted by Gasteiger charge is 2.13. The zero-order valence-corrected chi connectivity index (χ0v) is 15.5. The summed E-state index contributed by atoms with van der Waals surface area (Å²) in [5.41, 5.74) is 3.89. The molecule has 1 aromatic heterocycles. The molecule has 0 radical (unpaired) electrons. The Morgan fingerprint density at radius 2 is 1.81 bits per heavy atom. The number of carbonyl (C=O) groups is 1. The maximum Gasteiger partial charge on any atom is 0.274 e. The van der Waals surface area contributed by atoms with Gasteiger partial charge in [-0.05, 0) is 54.3 Å². The molecule has 0 spiro atoms. The number of benzene rings is 2. The Labute approximate surface area is 157 Å². The van der Waals surface area contributed by atoms with E-state index in [1.807, 2.05) is 19.1 Å². The summed E-state index contributed by atoms with van der Waals surface area (Å²) in [6.07, 6.45) is 1.53. The second kappa shape index (κ2) is 7.95. The lowest BCUT2D eigenvalue weighted by Gasteiger charge is -2.16. The van der Waals surface area contributed by atoms with Crippen molar-refractivity contribution in [3.05, 3.63) is 77.4 Å². The fourth-order valence-corrected chi connectivity index (χ4v) is 2.73. The van der Waals surface area contributed by atoms with Crippen molar-refractivity contribution >= 4 is 23.2 Å². The minimum atomic E-state index is -0.388.